The standard InChI is InChI=1S/C20H19BrFN3O2S/c1-20-16(18(26)24(2)3)17(14-10-11(21)4-9-15(14)27-20)23-19(28)25(20)13-7-5-12(22)6-8-13/h4-10,16-17H,1-3H3,(H,23,28)/t16-,17-,20-/m0/s1. The SMILES string of the molecule is CN(C)C(=O)[C@@H]1[C@H]2NC(=S)N(c3ccc(F)cc3)[C@@]1(C)Oc1ccc(Br)cc12. The fraction of sp³-hybridized carbons (Fsp3) is 0.300. The van der Waals surface area contributed by atoms with E-state index in [2.05, 4.69) is 21.2 Å². The zero-order valence-electron chi connectivity index (χ0n) is 15.6. The Balaban J connectivity index is 1.91. The Labute approximate surface area is 176 Å². The highest BCUT2D eigenvalue weighted by molar-refractivity contribution is 9.10. The summed E-state index contributed by atoms with van der Waals surface area (Å²) in [5, 5.41) is 3.74. The van der Waals surface area contributed by atoms with Gasteiger partial charge in [-0.15, -0.1) is 0 Å². The molecular weight excluding hydrogens is 445 g/mol. The number of amides is 1. The third-order valence-electron chi connectivity index (χ3n) is 5.25. The Bertz CT molecular complexity index is 968. The molecule has 2 bridgehead atoms. The average molecular weight is 464 g/mol. The second-order valence-corrected chi connectivity index (χ2v) is 8.59. The van der Waals surface area contributed by atoms with Crippen molar-refractivity contribution >= 4 is 44.9 Å². The van der Waals surface area contributed by atoms with Gasteiger partial charge in [0.25, 0.3) is 0 Å². The van der Waals surface area contributed by atoms with Gasteiger partial charge >= 0.3 is 0 Å². The largest absolute Gasteiger partial charge is 0.467 e. The van der Waals surface area contributed by atoms with Crippen LogP contribution in [0.4, 0.5) is 10.1 Å². The van der Waals surface area contributed by atoms with E-state index >= 15 is 0 Å². The first-order valence-electron chi connectivity index (χ1n) is 8.78. The number of anilines is 1. The van der Waals surface area contributed by atoms with Crippen LogP contribution in [0.1, 0.15) is 18.5 Å². The molecule has 8 heteroatoms. The molecule has 1 fully saturated rings. The van der Waals surface area contributed by atoms with E-state index < -0.39 is 11.6 Å². The molecule has 1 saturated heterocycles. The molecule has 2 aliphatic rings. The van der Waals surface area contributed by atoms with E-state index in [1.165, 1.54) is 12.1 Å². The number of carbonyl (C=O) groups excluding carboxylic acids is 1. The molecule has 3 atom stereocenters. The van der Waals surface area contributed by atoms with Crippen molar-refractivity contribution in [3.63, 3.8) is 0 Å². The molecule has 0 radical (unpaired) electrons. The van der Waals surface area contributed by atoms with Crippen molar-refractivity contribution in [3.05, 3.63) is 58.3 Å². The van der Waals surface area contributed by atoms with Crippen molar-refractivity contribution in [2.45, 2.75) is 18.7 Å². The van der Waals surface area contributed by atoms with Gasteiger partial charge in [-0.2, -0.15) is 0 Å². The predicted octanol–water partition coefficient (Wildman–Crippen LogP) is 3.84. The maximum absolute atomic E-state index is 13.5. The molecule has 0 aromatic heterocycles. The van der Waals surface area contributed by atoms with Crippen LogP contribution in [0.5, 0.6) is 5.75 Å². The van der Waals surface area contributed by atoms with Crippen LogP contribution < -0.4 is 15.0 Å². The van der Waals surface area contributed by atoms with Gasteiger partial charge in [-0.05, 0) is 61.6 Å². The van der Waals surface area contributed by atoms with Gasteiger partial charge in [0.15, 0.2) is 10.8 Å². The minimum absolute atomic E-state index is 0.0831. The predicted molar refractivity (Wildman–Crippen MR) is 113 cm³/mol. The van der Waals surface area contributed by atoms with Gasteiger partial charge < -0.3 is 15.0 Å². The van der Waals surface area contributed by atoms with Gasteiger partial charge in [0.05, 0.1) is 6.04 Å². The van der Waals surface area contributed by atoms with Crippen LogP contribution in [0.3, 0.4) is 0 Å². The monoisotopic (exact) mass is 463 g/mol. The molecule has 0 saturated carbocycles. The zero-order chi connectivity index (χ0) is 20.2. The van der Waals surface area contributed by atoms with Crippen molar-refractivity contribution in [2.75, 3.05) is 19.0 Å². The fourth-order valence-electron chi connectivity index (χ4n) is 3.99. The summed E-state index contributed by atoms with van der Waals surface area (Å²) in [6.45, 7) is 1.85. The number of nitrogens with zero attached hydrogens (tertiary/aromatic N) is 2. The molecule has 2 aromatic carbocycles. The highest BCUT2D eigenvalue weighted by atomic mass is 79.9. The molecule has 1 amide bonds. The third kappa shape index (κ3) is 2.86. The van der Waals surface area contributed by atoms with E-state index in [4.69, 9.17) is 17.0 Å². The van der Waals surface area contributed by atoms with Gasteiger partial charge in [-0.25, -0.2) is 4.39 Å². The normalized spacial score (nSPS) is 25.5. The fourth-order valence-corrected chi connectivity index (χ4v) is 4.78. The number of benzene rings is 2. The second-order valence-electron chi connectivity index (χ2n) is 7.29. The van der Waals surface area contributed by atoms with Crippen LogP contribution in [-0.2, 0) is 4.79 Å². The second kappa shape index (κ2) is 6.70. The molecule has 146 valence electrons. The third-order valence-corrected chi connectivity index (χ3v) is 6.05. The molecule has 0 spiro atoms. The maximum Gasteiger partial charge on any atom is 0.233 e. The highest BCUT2D eigenvalue weighted by Crippen LogP contribution is 2.50. The van der Waals surface area contributed by atoms with Crippen molar-refractivity contribution in [1.82, 2.24) is 10.2 Å². The molecule has 2 aliphatic heterocycles. The maximum atomic E-state index is 13.5. The lowest BCUT2D eigenvalue weighted by molar-refractivity contribution is -0.144. The number of thiocarbonyl (C=S) groups is 1. The van der Waals surface area contributed by atoms with E-state index in [-0.39, 0.29) is 17.8 Å². The highest BCUT2D eigenvalue weighted by Gasteiger charge is 2.59. The number of carbonyl (C=O) groups is 1. The van der Waals surface area contributed by atoms with Gasteiger partial charge in [-0.3, -0.25) is 9.69 Å². The van der Waals surface area contributed by atoms with Gasteiger partial charge in [0, 0.05) is 29.8 Å². The number of fused-ring (bicyclic) bond motifs is 4. The number of hydrogen-bond donors (Lipinski definition) is 1. The van der Waals surface area contributed by atoms with Crippen LogP contribution in [-0.4, -0.2) is 35.7 Å². The Morgan fingerprint density at radius 2 is 1.96 bits per heavy atom. The Hall–Kier alpha value is -2.19. The number of halogens is 2. The minimum atomic E-state index is -1.08. The van der Waals surface area contributed by atoms with Crippen molar-refractivity contribution in [3.8, 4) is 5.75 Å². The lowest BCUT2D eigenvalue weighted by atomic mass is 9.78. The molecule has 5 nitrogen and oxygen atoms in total. The number of nitrogens with one attached hydrogen (secondary N) is 1. The van der Waals surface area contributed by atoms with Crippen LogP contribution in [0.2, 0.25) is 0 Å². The van der Waals surface area contributed by atoms with Gasteiger partial charge in [0.2, 0.25) is 5.91 Å². The molecule has 2 heterocycles. The van der Waals surface area contributed by atoms with Crippen LogP contribution in [0, 0.1) is 11.7 Å². The van der Waals surface area contributed by atoms with Crippen molar-refractivity contribution < 1.29 is 13.9 Å². The summed E-state index contributed by atoms with van der Waals surface area (Å²) < 4.78 is 20.8. The first kappa shape index (κ1) is 19.1. The number of rotatable bonds is 2. The topological polar surface area (TPSA) is 44.8 Å². The van der Waals surface area contributed by atoms with Crippen molar-refractivity contribution in [1.29, 1.82) is 0 Å². The van der Waals surface area contributed by atoms with Crippen LogP contribution in [0.15, 0.2) is 46.9 Å². The summed E-state index contributed by atoms with van der Waals surface area (Å²) in [5.74, 6) is -0.315. The molecular formula is C20H19BrFN3O2S. The molecule has 0 unspecified atom stereocenters. The van der Waals surface area contributed by atoms with Gasteiger partial charge in [0.1, 0.15) is 17.5 Å². The minimum Gasteiger partial charge on any atom is -0.467 e. The zero-order valence-corrected chi connectivity index (χ0v) is 18.0. The smallest absolute Gasteiger partial charge is 0.233 e. The molecule has 28 heavy (non-hydrogen) atoms. The lowest BCUT2D eigenvalue weighted by Gasteiger charge is -2.56. The van der Waals surface area contributed by atoms with E-state index in [1.807, 2.05) is 25.1 Å². The first-order chi connectivity index (χ1) is 13.2. The molecule has 0 aliphatic carbocycles. The summed E-state index contributed by atoms with van der Waals surface area (Å²) in [6, 6.07) is 11.4. The average Bonchev–Trinajstić information content (AvgIpc) is 2.63. The summed E-state index contributed by atoms with van der Waals surface area (Å²) >= 11 is 9.13. The van der Waals surface area contributed by atoms with E-state index in [1.54, 1.807) is 36.0 Å². The van der Waals surface area contributed by atoms with Crippen molar-refractivity contribution in [2.24, 2.45) is 5.92 Å². The molecule has 1 N–H and O–H groups in total. The summed E-state index contributed by atoms with van der Waals surface area (Å²) in [4.78, 5) is 16.5. The lowest BCUT2D eigenvalue weighted by Crippen LogP contribution is -2.72. The van der Waals surface area contributed by atoms with Crippen LogP contribution >= 0.6 is 28.1 Å². The molecule has 4 rings (SSSR count). The Morgan fingerprint density at radius 1 is 1.29 bits per heavy atom. The number of hydrogen-bond acceptors (Lipinski definition) is 3. The molecule has 2 aromatic rings. The van der Waals surface area contributed by atoms with Gasteiger partial charge in [-0.1, -0.05) is 15.9 Å². The summed E-state index contributed by atoms with van der Waals surface area (Å²) in [7, 11) is 3.44. The Morgan fingerprint density at radius 3 is 2.61 bits per heavy atom. The van der Waals surface area contributed by atoms with E-state index in [0.29, 0.717) is 16.5 Å². The van der Waals surface area contributed by atoms with Crippen LogP contribution in [0.25, 0.3) is 0 Å². The van der Waals surface area contributed by atoms with E-state index in [9.17, 15) is 9.18 Å². The Kier molecular flexibility index (Phi) is 4.58. The summed E-state index contributed by atoms with van der Waals surface area (Å²) in [5.41, 5.74) is 0.442. The van der Waals surface area contributed by atoms with E-state index in [0.717, 1.165) is 10.0 Å². The summed E-state index contributed by atoms with van der Waals surface area (Å²) in [6.07, 6.45) is 0. The quantitative estimate of drug-likeness (QED) is 0.685. The first-order valence-corrected chi connectivity index (χ1v) is 9.98. The number of ether oxygens (including phenoxy) is 1.